The van der Waals surface area contributed by atoms with Gasteiger partial charge in [0.05, 0.1) is 19.6 Å². The number of rotatable bonds is 8. The lowest BCUT2D eigenvalue weighted by Gasteiger charge is -2.14. The smallest absolute Gasteiger partial charge is 0.306 e. The Bertz CT molecular complexity index is 242. The van der Waals surface area contributed by atoms with Gasteiger partial charge in [0.15, 0.2) is 0 Å². The van der Waals surface area contributed by atoms with Gasteiger partial charge in [0.25, 0.3) is 0 Å². The van der Waals surface area contributed by atoms with Gasteiger partial charge in [-0.25, -0.2) is 0 Å². The molecule has 0 saturated carbocycles. The summed E-state index contributed by atoms with van der Waals surface area (Å²) in [5.41, 5.74) is 0. The number of carbonyl (C=O) groups excluding carboxylic acids is 2. The summed E-state index contributed by atoms with van der Waals surface area (Å²) in [6.45, 7) is 7.15. The zero-order valence-corrected chi connectivity index (χ0v) is 11.2. The van der Waals surface area contributed by atoms with Crippen molar-refractivity contribution in [1.82, 2.24) is 10.6 Å². The molecule has 1 unspecified atom stereocenters. The van der Waals surface area contributed by atoms with E-state index in [-0.39, 0.29) is 24.3 Å². The molecule has 0 aliphatic rings. The Morgan fingerprint density at radius 2 is 1.82 bits per heavy atom. The minimum atomic E-state index is -0.285. The van der Waals surface area contributed by atoms with Crippen molar-refractivity contribution in [2.75, 3.05) is 20.2 Å². The van der Waals surface area contributed by atoms with Crippen LogP contribution in [0.2, 0.25) is 0 Å². The number of amides is 1. The van der Waals surface area contributed by atoms with Gasteiger partial charge < -0.3 is 15.4 Å². The molecule has 2 N–H and O–H groups in total. The van der Waals surface area contributed by atoms with Crippen LogP contribution in [0.25, 0.3) is 0 Å². The number of hydrogen-bond acceptors (Lipinski definition) is 4. The average molecular weight is 244 g/mol. The van der Waals surface area contributed by atoms with Crippen LogP contribution in [-0.2, 0) is 14.3 Å². The van der Waals surface area contributed by atoms with E-state index in [1.165, 1.54) is 7.11 Å². The molecule has 0 heterocycles. The van der Waals surface area contributed by atoms with Crippen LogP contribution in [0, 0.1) is 5.92 Å². The van der Waals surface area contributed by atoms with Gasteiger partial charge in [-0.15, -0.1) is 0 Å². The fourth-order valence-corrected chi connectivity index (χ4v) is 1.22. The first kappa shape index (κ1) is 15.9. The van der Waals surface area contributed by atoms with Crippen LogP contribution in [0.1, 0.15) is 33.6 Å². The number of carbonyl (C=O) groups is 2. The van der Waals surface area contributed by atoms with Crippen molar-refractivity contribution < 1.29 is 14.3 Å². The zero-order valence-electron chi connectivity index (χ0n) is 11.2. The molecule has 17 heavy (non-hydrogen) atoms. The summed E-state index contributed by atoms with van der Waals surface area (Å²) in [6, 6.07) is -0.285. The average Bonchev–Trinajstić information content (AvgIpc) is 2.27. The minimum Gasteiger partial charge on any atom is -0.469 e. The maximum Gasteiger partial charge on any atom is 0.306 e. The van der Waals surface area contributed by atoms with Crippen LogP contribution in [-0.4, -0.2) is 38.1 Å². The standard InChI is InChI=1S/C12H24N2O3/c1-9(2)5-7-14-12(16)10(3)13-8-6-11(15)17-4/h9-10,13H,5-8H2,1-4H3,(H,14,16). The lowest BCUT2D eigenvalue weighted by Crippen LogP contribution is -2.43. The van der Waals surface area contributed by atoms with E-state index >= 15 is 0 Å². The lowest BCUT2D eigenvalue weighted by molar-refractivity contribution is -0.140. The second kappa shape index (κ2) is 8.98. The molecule has 5 heteroatoms. The van der Waals surface area contributed by atoms with E-state index in [0.29, 0.717) is 19.0 Å². The molecule has 0 aromatic rings. The highest BCUT2D eigenvalue weighted by atomic mass is 16.5. The van der Waals surface area contributed by atoms with Crippen molar-refractivity contribution >= 4 is 11.9 Å². The molecular weight excluding hydrogens is 220 g/mol. The van der Waals surface area contributed by atoms with E-state index in [9.17, 15) is 9.59 Å². The summed E-state index contributed by atoms with van der Waals surface area (Å²) in [4.78, 5) is 22.4. The molecule has 100 valence electrons. The van der Waals surface area contributed by atoms with Crippen LogP contribution < -0.4 is 10.6 Å². The van der Waals surface area contributed by atoms with Crippen molar-refractivity contribution in [1.29, 1.82) is 0 Å². The number of hydrogen-bond donors (Lipinski definition) is 2. The van der Waals surface area contributed by atoms with E-state index in [4.69, 9.17) is 0 Å². The van der Waals surface area contributed by atoms with E-state index < -0.39 is 0 Å². The van der Waals surface area contributed by atoms with E-state index in [1.807, 2.05) is 0 Å². The molecule has 0 rings (SSSR count). The summed E-state index contributed by atoms with van der Waals surface area (Å²) in [7, 11) is 1.35. The third kappa shape index (κ3) is 8.68. The van der Waals surface area contributed by atoms with Crippen LogP contribution >= 0.6 is 0 Å². The normalized spacial score (nSPS) is 12.3. The maximum atomic E-state index is 11.6. The molecule has 0 radical (unpaired) electrons. The second-order valence-electron chi connectivity index (χ2n) is 4.48. The van der Waals surface area contributed by atoms with Gasteiger partial charge in [0, 0.05) is 13.1 Å². The molecule has 0 aromatic carbocycles. The molecule has 0 bridgehead atoms. The Kier molecular flexibility index (Phi) is 8.40. The number of ether oxygens (including phenoxy) is 1. The van der Waals surface area contributed by atoms with Gasteiger partial charge in [-0.1, -0.05) is 13.8 Å². The highest BCUT2D eigenvalue weighted by Crippen LogP contribution is 1.96. The molecule has 5 nitrogen and oxygen atoms in total. The van der Waals surface area contributed by atoms with Crippen LogP contribution in [0.3, 0.4) is 0 Å². The quantitative estimate of drug-likeness (QED) is 0.616. The fourth-order valence-electron chi connectivity index (χ4n) is 1.22. The summed E-state index contributed by atoms with van der Waals surface area (Å²) in [5.74, 6) is 0.276. The van der Waals surface area contributed by atoms with Gasteiger partial charge in [-0.05, 0) is 19.3 Å². The molecule has 1 atom stereocenters. The van der Waals surface area contributed by atoms with E-state index in [2.05, 4.69) is 29.2 Å². The van der Waals surface area contributed by atoms with Gasteiger partial charge >= 0.3 is 5.97 Å². The Balaban J connectivity index is 3.63. The van der Waals surface area contributed by atoms with Crippen molar-refractivity contribution in [2.45, 2.75) is 39.7 Å². The lowest BCUT2D eigenvalue weighted by atomic mass is 10.1. The van der Waals surface area contributed by atoms with Gasteiger partial charge in [0.2, 0.25) is 5.91 Å². The van der Waals surface area contributed by atoms with Crippen LogP contribution in [0.15, 0.2) is 0 Å². The Labute approximate surface area is 103 Å². The van der Waals surface area contributed by atoms with E-state index in [1.54, 1.807) is 6.92 Å². The molecule has 1 amide bonds. The van der Waals surface area contributed by atoms with E-state index in [0.717, 1.165) is 6.42 Å². The maximum absolute atomic E-state index is 11.6. The topological polar surface area (TPSA) is 67.4 Å². The SMILES string of the molecule is COC(=O)CCNC(C)C(=O)NCCC(C)C. The minimum absolute atomic E-state index is 0.0319. The fraction of sp³-hybridized carbons (Fsp3) is 0.833. The Morgan fingerprint density at radius 3 is 2.35 bits per heavy atom. The summed E-state index contributed by atoms with van der Waals surface area (Å²) >= 11 is 0. The molecule has 0 aliphatic carbocycles. The first-order chi connectivity index (χ1) is 7.97. The molecule has 0 fully saturated rings. The van der Waals surface area contributed by atoms with Crippen molar-refractivity contribution in [2.24, 2.45) is 5.92 Å². The van der Waals surface area contributed by atoms with Gasteiger partial charge in [-0.2, -0.15) is 0 Å². The second-order valence-corrected chi connectivity index (χ2v) is 4.48. The zero-order chi connectivity index (χ0) is 13.3. The predicted octanol–water partition coefficient (Wildman–Crippen LogP) is 0.690. The number of nitrogens with one attached hydrogen (secondary N) is 2. The summed E-state index contributed by atoms with van der Waals surface area (Å²) < 4.78 is 4.50. The molecular formula is C12H24N2O3. The highest BCUT2D eigenvalue weighted by Gasteiger charge is 2.12. The largest absolute Gasteiger partial charge is 0.469 e. The first-order valence-corrected chi connectivity index (χ1v) is 6.05. The molecule has 0 aliphatic heterocycles. The van der Waals surface area contributed by atoms with Crippen LogP contribution in [0.4, 0.5) is 0 Å². The van der Waals surface area contributed by atoms with Gasteiger partial charge in [-0.3, -0.25) is 9.59 Å². The predicted molar refractivity (Wildman–Crippen MR) is 66.6 cm³/mol. The number of esters is 1. The summed E-state index contributed by atoms with van der Waals surface area (Å²) in [5, 5.41) is 5.82. The van der Waals surface area contributed by atoms with Crippen molar-refractivity contribution in [3.05, 3.63) is 0 Å². The van der Waals surface area contributed by atoms with Crippen molar-refractivity contribution in [3.8, 4) is 0 Å². The van der Waals surface area contributed by atoms with Crippen molar-refractivity contribution in [3.63, 3.8) is 0 Å². The summed E-state index contributed by atoms with van der Waals surface area (Å²) in [6.07, 6.45) is 1.25. The Morgan fingerprint density at radius 1 is 1.18 bits per heavy atom. The monoisotopic (exact) mass is 244 g/mol. The molecule has 0 saturated heterocycles. The number of methoxy groups -OCH3 is 1. The highest BCUT2D eigenvalue weighted by molar-refractivity contribution is 5.81. The van der Waals surface area contributed by atoms with Crippen LogP contribution in [0.5, 0.6) is 0 Å². The third-order valence-corrected chi connectivity index (χ3v) is 2.42. The molecule has 0 spiro atoms. The molecule has 0 aromatic heterocycles. The third-order valence-electron chi connectivity index (χ3n) is 2.42. The first-order valence-electron chi connectivity index (χ1n) is 6.05. The Hall–Kier alpha value is -1.10. The van der Waals surface area contributed by atoms with Gasteiger partial charge in [0.1, 0.15) is 0 Å².